The molecule has 0 aliphatic carbocycles. The first-order valence-electron chi connectivity index (χ1n) is 6.42. The van der Waals surface area contributed by atoms with Gasteiger partial charge >= 0.3 is 0 Å². The first kappa shape index (κ1) is 12.2. The highest BCUT2D eigenvalue weighted by atomic mass is 16.7. The zero-order chi connectivity index (χ0) is 12.9. The molecule has 1 aliphatic heterocycles. The summed E-state index contributed by atoms with van der Waals surface area (Å²) in [6, 6.07) is 18.0. The van der Waals surface area contributed by atoms with Crippen LogP contribution >= 0.6 is 0 Å². The Morgan fingerprint density at radius 2 is 1.58 bits per heavy atom. The molecule has 0 saturated carbocycles. The van der Waals surface area contributed by atoms with Crippen LogP contribution in [0.2, 0.25) is 0 Å². The Bertz CT molecular complexity index is 519. The van der Waals surface area contributed by atoms with Gasteiger partial charge in [-0.15, -0.1) is 0 Å². The lowest BCUT2D eigenvalue weighted by atomic mass is 10.2. The van der Waals surface area contributed by atoms with Gasteiger partial charge in [-0.2, -0.15) is 0 Å². The van der Waals surface area contributed by atoms with Gasteiger partial charge in [0.15, 0.2) is 6.29 Å². The van der Waals surface area contributed by atoms with Gasteiger partial charge < -0.3 is 14.2 Å². The van der Waals surface area contributed by atoms with Crippen molar-refractivity contribution in [3.63, 3.8) is 0 Å². The maximum atomic E-state index is 5.88. The second-order valence-electron chi connectivity index (χ2n) is 4.39. The van der Waals surface area contributed by atoms with E-state index in [2.05, 4.69) is 0 Å². The Labute approximate surface area is 112 Å². The number of ether oxygens (including phenoxy) is 3. The van der Waals surface area contributed by atoms with Crippen molar-refractivity contribution in [3.05, 3.63) is 65.7 Å². The molecule has 1 heterocycles. The fourth-order valence-corrected chi connectivity index (χ4v) is 2.08. The summed E-state index contributed by atoms with van der Waals surface area (Å²) in [6.07, 6.45) is -0.299. The predicted octanol–water partition coefficient (Wildman–Crippen LogP) is 3.31. The van der Waals surface area contributed by atoms with Gasteiger partial charge in [-0.3, -0.25) is 0 Å². The normalized spacial score (nSPS) is 15.6. The summed E-state index contributed by atoms with van der Waals surface area (Å²) in [5.41, 5.74) is 2.10. The van der Waals surface area contributed by atoms with Crippen molar-refractivity contribution in [2.24, 2.45) is 0 Å². The largest absolute Gasteiger partial charge is 0.488 e. The zero-order valence-corrected chi connectivity index (χ0v) is 10.6. The van der Waals surface area contributed by atoms with Crippen LogP contribution < -0.4 is 4.74 Å². The summed E-state index contributed by atoms with van der Waals surface area (Å²) in [4.78, 5) is 0. The molecule has 3 heteroatoms. The van der Waals surface area contributed by atoms with E-state index in [-0.39, 0.29) is 6.29 Å². The van der Waals surface area contributed by atoms with Crippen molar-refractivity contribution in [3.8, 4) is 5.75 Å². The van der Waals surface area contributed by atoms with Crippen LogP contribution in [-0.4, -0.2) is 13.2 Å². The third-order valence-corrected chi connectivity index (χ3v) is 3.03. The summed E-state index contributed by atoms with van der Waals surface area (Å²) in [5.74, 6) is 0.818. The first-order valence-corrected chi connectivity index (χ1v) is 6.42. The van der Waals surface area contributed by atoms with Crippen molar-refractivity contribution in [2.45, 2.75) is 12.9 Å². The highest BCUT2D eigenvalue weighted by Crippen LogP contribution is 2.31. The number of hydrogen-bond donors (Lipinski definition) is 0. The average molecular weight is 256 g/mol. The van der Waals surface area contributed by atoms with E-state index >= 15 is 0 Å². The molecule has 0 amide bonds. The van der Waals surface area contributed by atoms with Crippen molar-refractivity contribution in [1.82, 2.24) is 0 Å². The summed E-state index contributed by atoms with van der Waals surface area (Å²) in [6.45, 7) is 1.82. The van der Waals surface area contributed by atoms with Crippen molar-refractivity contribution >= 4 is 0 Å². The van der Waals surface area contributed by atoms with Gasteiger partial charge in [0.05, 0.1) is 13.2 Å². The van der Waals surface area contributed by atoms with Gasteiger partial charge in [0.2, 0.25) is 0 Å². The highest BCUT2D eigenvalue weighted by molar-refractivity contribution is 5.34. The van der Waals surface area contributed by atoms with Crippen molar-refractivity contribution < 1.29 is 14.2 Å². The summed E-state index contributed by atoms with van der Waals surface area (Å²) in [7, 11) is 0. The Kier molecular flexibility index (Phi) is 3.77. The van der Waals surface area contributed by atoms with Gasteiger partial charge in [0.1, 0.15) is 12.4 Å². The fourth-order valence-electron chi connectivity index (χ4n) is 2.08. The Balaban J connectivity index is 1.73. The van der Waals surface area contributed by atoms with E-state index in [1.54, 1.807) is 0 Å². The summed E-state index contributed by atoms with van der Waals surface area (Å²) in [5, 5.41) is 0. The number of rotatable bonds is 4. The number of para-hydroxylation sites is 1. The maximum absolute atomic E-state index is 5.88. The number of benzene rings is 2. The summed E-state index contributed by atoms with van der Waals surface area (Å²) >= 11 is 0. The van der Waals surface area contributed by atoms with E-state index in [0.29, 0.717) is 19.8 Å². The second-order valence-corrected chi connectivity index (χ2v) is 4.39. The standard InChI is InChI=1S/C16H16O3/c1-2-6-13(7-3-1)12-19-15-9-5-4-8-14(15)16-17-10-11-18-16/h1-9,16H,10-12H2. The topological polar surface area (TPSA) is 27.7 Å². The van der Waals surface area contributed by atoms with Gasteiger partial charge in [-0.05, 0) is 11.6 Å². The predicted molar refractivity (Wildman–Crippen MR) is 71.9 cm³/mol. The number of hydrogen-bond acceptors (Lipinski definition) is 3. The van der Waals surface area contributed by atoms with Crippen LogP contribution in [0.15, 0.2) is 54.6 Å². The molecule has 98 valence electrons. The fraction of sp³-hybridized carbons (Fsp3) is 0.250. The van der Waals surface area contributed by atoms with Gasteiger partial charge in [0, 0.05) is 5.56 Å². The Morgan fingerprint density at radius 3 is 2.37 bits per heavy atom. The molecule has 2 aromatic rings. The first-order chi connectivity index (χ1) is 9.43. The third kappa shape index (κ3) is 2.95. The van der Waals surface area contributed by atoms with E-state index < -0.39 is 0 Å². The molecule has 1 fully saturated rings. The van der Waals surface area contributed by atoms with E-state index in [0.717, 1.165) is 16.9 Å². The zero-order valence-electron chi connectivity index (χ0n) is 10.6. The van der Waals surface area contributed by atoms with Gasteiger partial charge in [-0.1, -0.05) is 48.5 Å². The van der Waals surface area contributed by atoms with E-state index in [4.69, 9.17) is 14.2 Å². The van der Waals surface area contributed by atoms with E-state index in [9.17, 15) is 0 Å². The van der Waals surface area contributed by atoms with E-state index in [1.165, 1.54) is 0 Å². The van der Waals surface area contributed by atoms with Crippen LogP contribution in [0.25, 0.3) is 0 Å². The van der Waals surface area contributed by atoms with Crippen molar-refractivity contribution in [2.75, 3.05) is 13.2 Å². The molecule has 19 heavy (non-hydrogen) atoms. The molecule has 1 saturated heterocycles. The van der Waals surface area contributed by atoms with Crippen LogP contribution in [0.3, 0.4) is 0 Å². The molecule has 0 N–H and O–H groups in total. The van der Waals surface area contributed by atoms with Crippen molar-refractivity contribution in [1.29, 1.82) is 0 Å². The lowest BCUT2D eigenvalue weighted by Gasteiger charge is -2.15. The highest BCUT2D eigenvalue weighted by Gasteiger charge is 2.21. The molecule has 0 atom stereocenters. The van der Waals surface area contributed by atoms with Crippen LogP contribution in [0, 0.1) is 0 Å². The van der Waals surface area contributed by atoms with Crippen LogP contribution in [0.5, 0.6) is 5.75 Å². The van der Waals surface area contributed by atoms with Gasteiger partial charge in [0.25, 0.3) is 0 Å². The minimum atomic E-state index is -0.299. The molecule has 0 radical (unpaired) electrons. The molecule has 1 aliphatic rings. The Morgan fingerprint density at radius 1 is 0.895 bits per heavy atom. The van der Waals surface area contributed by atoms with Crippen LogP contribution in [0.4, 0.5) is 0 Å². The minimum absolute atomic E-state index is 0.299. The quantitative estimate of drug-likeness (QED) is 0.840. The molecule has 0 bridgehead atoms. The summed E-state index contributed by atoms with van der Waals surface area (Å²) < 4.78 is 16.9. The maximum Gasteiger partial charge on any atom is 0.187 e. The van der Waals surface area contributed by atoms with E-state index in [1.807, 2.05) is 54.6 Å². The third-order valence-electron chi connectivity index (χ3n) is 3.03. The SMILES string of the molecule is c1ccc(COc2ccccc2C2OCCO2)cc1. The molecular weight excluding hydrogens is 240 g/mol. The molecule has 2 aromatic carbocycles. The lowest BCUT2D eigenvalue weighted by molar-refractivity contribution is -0.0458. The monoisotopic (exact) mass is 256 g/mol. The van der Waals surface area contributed by atoms with Crippen LogP contribution in [0.1, 0.15) is 17.4 Å². The van der Waals surface area contributed by atoms with Gasteiger partial charge in [-0.25, -0.2) is 0 Å². The molecule has 0 unspecified atom stereocenters. The molecular formula is C16H16O3. The smallest absolute Gasteiger partial charge is 0.187 e. The second kappa shape index (κ2) is 5.87. The van der Waals surface area contributed by atoms with Crippen LogP contribution in [-0.2, 0) is 16.1 Å². The average Bonchev–Trinajstić information content (AvgIpc) is 3.01. The minimum Gasteiger partial charge on any atom is -0.488 e. The Hall–Kier alpha value is -1.84. The molecule has 0 aromatic heterocycles. The molecule has 3 rings (SSSR count). The molecule has 0 spiro atoms. The lowest BCUT2D eigenvalue weighted by Crippen LogP contribution is -2.03. The molecule has 3 nitrogen and oxygen atoms in total.